The van der Waals surface area contributed by atoms with Gasteiger partial charge in [0.15, 0.2) is 0 Å². The molecule has 0 radical (unpaired) electrons. The van der Waals surface area contributed by atoms with Crippen molar-refractivity contribution in [3.05, 3.63) is 63.6 Å². The molecule has 0 bridgehead atoms. The van der Waals surface area contributed by atoms with E-state index in [1.807, 2.05) is 0 Å². The van der Waals surface area contributed by atoms with Gasteiger partial charge in [-0.15, -0.1) is 0 Å². The summed E-state index contributed by atoms with van der Waals surface area (Å²) in [6, 6.07) is 12.1. The summed E-state index contributed by atoms with van der Waals surface area (Å²) in [5.41, 5.74) is 1.98. The average molecular weight is 401 g/mol. The average Bonchev–Trinajstić information content (AvgIpc) is 2.52. The molecule has 2 aromatic rings. The third kappa shape index (κ3) is 6.57. The largest absolute Gasteiger partial charge is 0.352 e. The number of amides is 1. The molecular formula is C17H18Cl2N2O3S. The minimum atomic E-state index is -3.38. The van der Waals surface area contributed by atoms with E-state index in [9.17, 15) is 13.2 Å². The number of hydrogen-bond donors (Lipinski definition) is 2. The fourth-order valence-electron chi connectivity index (χ4n) is 2.23. The Morgan fingerprint density at radius 1 is 1.08 bits per heavy atom. The number of anilines is 1. The zero-order valence-electron chi connectivity index (χ0n) is 13.6. The van der Waals surface area contributed by atoms with Crippen molar-refractivity contribution in [2.24, 2.45) is 0 Å². The number of rotatable bonds is 7. The topological polar surface area (TPSA) is 75.3 Å². The Balaban J connectivity index is 1.92. The lowest BCUT2D eigenvalue weighted by molar-refractivity contribution is -0.121. The molecule has 0 aliphatic carbocycles. The molecule has 2 aromatic carbocycles. The van der Waals surface area contributed by atoms with Crippen LogP contribution in [0.3, 0.4) is 0 Å². The van der Waals surface area contributed by atoms with E-state index in [-0.39, 0.29) is 18.9 Å². The Kier molecular flexibility index (Phi) is 6.70. The highest BCUT2D eigenvalue weighted by atomic mass is 35.5. The van der Waals surface area contributed by atoms with Crippen LogP contribution in [0.1, 0.15) is 17.5 Å². The summed E-state index contributed by atoms with van der Waals surface area (Å²) in [5, 5.41) is 3.86. The smallest absolute Gasteiger partial charge is 0.229 e. The first-order chi connectivity index (χ1) is 11.7. The summed E-state index contributed by atoms with van der Waals surface area (Å²) < 4.78 is 25.2. The first kappa shape index (κ1) is 19.6. The van der Waals surface area contributed by atoms with Crippen molar-refractivity contribution in [2.75, 3.05) is 11.0 Å². The van der Waals surface area contributed by atoms with Gasteiger partial charge in [-0.25, -0.2) is 8.42 Å². The predicted octanol–water partition coefficient (Wildman–Crippen LogP) is 3.61. The molecule has 0 aliphatic heterocycles. The SMILES string of the molecule is CS(=O)(=O)Nc1ccccc1CNC(=O)CCc1ccc(Cl)cc1Cl. The number of hydrogen-bond acceptors (Lipinski definition) is 3. The maximum Gasteiger partial charge on any atom is 0.229 e. The first-order valence-electron chi connectivity index (χ1n) is 7.51. The number of carbonyl (C=O) groups excluding carboxylic acids is 1. The number of nitrogens with one attached hydrogen (secondary N) is 2. The van der Waals surface area contributed by atoms with Crippen LogP contribution >= 0.6 is 23.2 Å². The Morgan fingerprint density at radius 2 is 1.80 bits per heavy atom. The molecular weight excluding hydrogens is 383 g/mol. The van der Waals surface area contributed by atoms with Crippen LogP contribution in [-0.2, 0) is 27.8 Å². The number of carbonyl (C=O) groups is 1. The molecule has 134 valence electrons. The number of para-hydroxylation sites is 1. The van der Waals surface area contributed by atoms with Crippen LogP contribution in [0.4, 0.5) is 5.69 Å². The molecule has 0 unspecified atom stereocenters. The van der Waals surface area contributed by atoms with Gasteiger partial charge in [0.2, 0.25) is 15.9 Å². The standard InChI is InChI=1S/C17H18Cl2N2O3S/c1-25(23,24)21-16-5-3-2-4-13(16)11-20-17(22)9-7-12-6-8-14(18)10-15(12)19/h2-6,8,10,21H,7,9,11H2,1H3,(H,20,22). The fraction of sp³-hybridized carbons (Fsp3) is 0.235. The van der Waals surface area contributed by atoms with Crippen molar-refractivity contribution in [1.29, 1.82) is 0 Å². The van der Waals surface area contributed by atoms with Crippen LogP contribution in [0.2, 0.25) is 10.0 Å². The minimum Gasteiger partial charge on any atom is -0.352 e. The van der Waals surface area contributed by atoms with Gasteiger partial charge in [0.1, 0.15) is 0 Å². The number of benzene rings is 2. The summed E-state index contributed by atoms with van der Waals surface area (Å²) in [5.74, 6) is -0.153. The van der Waals surface area contributed by atoms with E-state index in [1.165, 1.54) is 0 Å². The zero-order valence-corrected chi connectivity index (χ0v) is 15.9. The van der Waals surface area contributed by atoms with E-state index < -0.39 is 10.0 Å². The molecule has 8 heteroatoms. The lowest BCUT2D eigenvalue weighted by Gasteiger charge is -2.12. The molecule has 0 aliphatic rings. The number of sulfonamides is 1. The second kappa shape index (κ2) is 8.56. The Morgan fingerprint density at radius 3 is 2.48 bits per heavy atom. The van der Waals surface area contributed by atoms with E-state index >= 15 is 0 Å². The number of halogens is 2. The Hall–Kier alpha value is -1.76. The van der Waals surface area contributed by atoms with Gasteiger partial charge in [-0.3, -0.25) is 9.52 Å². The molecule has 25 heavy (non-hydrogen) atoms. The van der Waals surface area contributed by atoms with E-state index in [1.54, 1.807) is 42.5 Å². The second-order valence-corrected chi connectivity index (χ2v) is 8.14. The maximum atomic E-state index is 12.0. The van der Waals surface area contributed by atoms with Crippen LogP contribution < -0.4 is 10.0 Å². The van der Waals surface area contributed by atoms with E-state index in [2.05, 4.69) is 10.0 Å². The summed E-state index contributed by atoms with van der Waals surface area (Å²) in [6.45, 7) is 0.228. The van der Waals surface area contributed by atoms with Crippen molar-refractivity contribution in [2.45, 2.75) is 19.4 Å². The molecule has 1 amide bonds. The lowest BCUT2D eigenvalue weighted by atomic mass is 10.1. The molecule has 0 fully saturated rings. The second-order valence-electron chi connectivity index (χ2n) is 5.54. The third-order valence-corrected chi connectivity index (χ3v) is 4.60. The van der Waals surface area contributed by atoms with Gasteiger partial charge >= 0.3 is 0 Å². The van der Waals surface area contributed by atoms with Gasteiger partial charge in [-0.1, -0.05) is 47.5 Å². The molecule has 0 saturated heterocycles. The van der Waals surface area contributed by atoms with Crippen molar-refractivity contribution in [3.63, 3.8) is 0 Å². The van der Waals surface area contributed by atoms with E-state index in [0.29, 0.717) is 27.7 Å². The molecule has 0 heterocycles. The molecule has 5 nitrogen and oxygen atoms in total. The van der Waals surface area contributed by atoms with E-state index in [0.717, 1.165) is 11.8 Å². The normalized spacial score (nSPS) is 11.2. The predicted molar refractivity (Wildman–Crippen MR) is 102 cm³/mol. The summed E-state index contributed by atoms with van der Waals surface area (Å²) in [4.78, 5) is 12.0. The zero-order chi connectivity index (χ0) is 18.4. The van der Waals surface area contributed by atoms with Gasteiger partial charge in [0.05, 0.1) is 11.9 Å². The highest BCUT2D eigenvalue weighted by Gasteiger charge is 2.09. The molecule has 0 atom stereocenters. The monoisotopic (exact) mass is 400 g/mol. The highest BCUT2D eigenvalue weighted by Crippen LogP contribution is 2.22. The number of aryl methyl sites for hydroxylation is 1. The quantitative estimate of drug-likeness (QED) is 0.744. The molecule has 0 aromatic heterocycles. The van der Waals surface area contributed by atoms with Crippen molar-refractivity contribution < 1.29 is 13.2 Å². The van der Waals surface area contributed by atoms with Gasteiger partial charge in [-0.05, 0) is 35.7 Å². The van der Waals surface area contributed by atoms with Crippen LogP contribution in [0, 0.1) is 0 Å². The van der Waals surface area contributed by atoms with Gasteiger partial charge in [0, 0.05) is 23.0 Å². The molecule has 2 N–H and O–H groups in total. The van der Waals surface area contributed by atoms with Gasteiger partial charge < -0.3 is 5.32 Å². The van der Waals surface area contributed by atoms with Crippen LogP contribution in [-0.4, -0.2) is 20.6 Å². The summed E-state index contributed by atoms with van der Waals surface area (Å²) >= 11 is 11.9. The summed E-state index contributed by atoms with van der Waals surface area (Å²) in [6.07, 6.45) is 1.84. The lowest BCUT2D eigenvalue weighted by Crippen LogP contribution is -2.24. The van der Waals surface area contributed by atoms with Crippen molar-refractivity contribution >= 4 is 44.8 Å². The minimum absolute atomic E-state index is 0.153. The molecule has 2 rings (SSSR count). The third-order valence-electron chi connectivity index (χ3n) is 3.43. The first-order valence-corrected chi connectivity index (χ1v) is 10.2. The van der Waals surface area contributed by atoms with Gasteiger partial charge in [-0.2, -0.15) is 0 Å². The molecule has 0 saturated carbocycles. The Labute approximate surface area is 157 Å². The fourth-order valence-corrected chi connectivity index (χ4v) is 3.33. The Bertz CT molecular complexity index is 870. The van der Waals surface area contributed by atoms with Crippen LogP contribution in [0.15, 0.2) is 42.5 Å². The summed E-state index contributed by atoms with van der Waals surface area (Å²) in [7, 11) is -3.38. The van der Waals surface area contributed by atoms with E-state index in [4.69, 9.17) is 23.2 Å². The molecule has 0 spiro atoms. The van der Waals surface area contributed by atoms with Gasteiger partial charge in [0.25, 0.3) is 0 Å². The maximum absolute atomic E-state index is 12.0. The van der Waals surface area contributed by atoms with Crippen molar-refractivity contribution in [3.8, 4) is 0 Å². The highest BCUT2D eigenvalue weighted by molar-refractivity contribution is 7.92. The van der Waals surface area contributed by atoms with Crippen LogP contribution in [0.5, 0.6) is 0 Å². The van der Waals surface area contributed by atoms with Crippen molar-refractivity contribution in [1.82, 2.24) is 5.32 Å². The van der Waals surface area contributed by atoms with Crippen LogP contribution in [0.25, 0.3) is 0 Å².